The van der Waals surface area contributed by atoms with Crippen LogP contribution in [0.1, 0.15) is 22.3 Å². The normalized spacial score (nSPS) is 14.3. The van der Waals surface area contributed by atoms with Crippen LogP contribution in [-0.2, 0) is 19.5 Å². The highest BCUT2D eigenvalue weighted by molar-refractivity contribution is 5.79. The molecule has 6 heteroatoms. The molecular weight excluding hydrogens is 364 g/mol. The lowest BCUT2D eigenvalue weighted by Crippen LogP contribution is -2.42. The molecule has 156 valence electrons. The van der Waals surface area contributed by atoms with Gasteiger partial charge < -0.3 is 20.1 Å². The predicted octanol–water partition coefficient (Wildman–Crippen LogP) is 2.74. The lowest BCUT2D eigenvalue weighted by molar-refractivity contribution is 0.256. The first-order chi connectivity index (χ1) is 14.1. The minimum Gasteiger partial charge on any atom is -0.493 e. The zero-order chi connectivity index (χ0) is 20.6. The SMILES string of the molecule is CN=C(NCCN1CCc2cc(OC)c(OC)cc2C1)NCc1ccccc1C. The fourth-order valence-corrected chi connectivity index (χ4v) is 3.67. The van der Waals surface area contributed by atoms with Crippen LogP contribution in [0.2, 0.25) is 0 Å². The quantitative estimate of drug-likeness (QED) is 0.557. The van der Waals surface area contributed by atoms with E-state index in [0.717, 1.165) is 56.6 Å². The number of aryl methyl sites for hydroxylation is 1. The number of ether oxygens (including phenoxy) is 2. The summed E-state index contributed by atoms with van der Waals surface area (Å²) < 4.78 is 10.9. The highest BCUT2D eigenvalue weighted by Crippen LogP contribution is 2.33. The number of guanidine groups is 1. The molecule has 2 aromatic rings. The fourth-order valence-electron chi connectivity index (χ4n) is 3.67. The Morgan fingerprint density at radius 3 is 2.48 bits per heavy atom. The van der Waals surface area contributed by atoms with Crippen LogP contribution in [0.4, 0.5) is 0 Å². The van der Waals surface area contributed by atoms with Gasteiger partial charge in [0.1, 0.15) is 0 Å². The van der Waals surface area contributed by atoms with Crippen molar-refractivity contribution in [3.63, 3.8) is 0 Å². The summed E-state index contributed by atoms with van der Waals surface area (Å²) in [4.78, 5) is 6.79. The average molecular weight is 397 g/mol. The number of nitrogens with one attached hydrogen (secondary N) is 2. The van der Waals surface area contributed by atoms with Gasteiger partial charge in [-0.2, -0.15) is 0 Å². The monoisotopic (exact) mass is 396 g/mol. The second-order valence-corrected chi connectivity index (χ2v) is 7.28. The van der Waals surface area contributed by atoms with Crippen molar-refractivity contribution in [2.24, 2.45) is 4.99 Å². The molecule has 29 heavy (non-hydrogen) atoms. The van der Waals surface area contributed by atoms with Crippen molar-refractivity contribution < 1.29 is 9.47 Å². The maximum absolute atomic E-state index is 5.46. The number of nitrogens with zero attached hydrogens (tertiary/aromatic N) is 2. The summed E-state index contributed by atoms with van der Waals surface area (Å²) in [6, 6.07) is 12.6. The summed E-state index contributed by atoms with van der Waals surface area (Å²) >= 11 is 0. The number of benzene rings is 2. The summed E-state index contributed by atoms with van der Waals surface area (Å²) in [6.45, 7) is 6.66. The van der Waals surface area contributed by atoms with Crippen molar-refractivity contribution >= 4 is 5.96 Å². The summed E-state index contributed by atoms with van der Waals surface area (Å²) in [7, 11) is 5.18. The lowest BCUT2D eigenvalue weighted by atomic mass is 9.99. The van der Waals surface area contributed by atoms with E-state index >= 15 is 0 Å². The molecule has 0 atom stereocenters. The zero-order valence-electron chi connectivity index (χ0n) is 17.9. The Bertz CT molecular complexity index is 851. The van der Waals surface area contributed by atoms with Gasteiger partial charge in [0.15, 0.2) is 17.5 Å². The summed E-state index contributed by atoms with van der Waals surface area (Å²) in [5, 5.41) is 6.82. The van der Waals surface area contributed by atoms with E-state index < -0.39 is 0 Å². The third kappa shape index (κ3) is 5.41. The van der Waals surface area contributed by atoms with Gasteiger partial charge in [0.2, 0.25) is 0 Å². The van der Waals surface area contributed by atoms with Gasteiger partial charge in [0, 0.05) is 39.8 Å². The molecule has 1 heterocycles. The van der Waals surface area contributed by atoms with E-state index in [1.165, 1.54) is 22.3 Å². The van der Waals surface area contributed by atoms with Crippen LogP contribution in [0.25, 0.3) is 0 Å². The molecule has 1 aliphatic heterocycles. The Morgan fingerprint density at radius 1 is 1.07 bits per heavy atom. The predicted molar refractivity (Wildman–Crippen MR) is 118 cm³/mol. The van der Waals surface area contributed by atoms with Crippen LogP contribution < -0.4 is 20.1 Å². The Kier molecular flexibility index (Phi) is 7.36. The van der Waals surface area contributed by atoms with Gasteiger partial charge >= 0.3 is 0 Å². The standard InChI is InChI=1S/C23H32N4O2/c1-17-7-5-6-8-19(17)15-26-23(24-2)25-10-12-27-11-9-18-13-21(28-3)22(29-4)14-20(18)16-27/h5-8,13-14H,9-12,15-16H2,1-4H3,(H2,24,25,26). The number of rotatable bonds is 7. The minimum absolute atomic E-state index is 0.769. The van der Waals surface area contributed by atoms with Crippen LogP contribution in [0.3, 0.4) is 0 Å². The number of methoxy groups -OCH3 is 2. The van der Waals surface area contributed by atoms with Gasteiger partial charge in [-0.3, -0.25) is 9.89 Å². The number of hydrogen-bond donors (Lipinski definition) is 2. The number of fused-ring (bicyclic) bond motifs is 1. The minimum atomic E-state index is 0.769. The van der Waals surface area contributed by atoms with Crippen molar-refractivity contribution in [3.8, 4) is 11.5 Å². The fraction of sp³-hybridized carbons (Fsp3) is 0.435. The smallest absolute Gasteiger partial charge is 0.191 e. The molecule has 6 nitrogen and oxygen atoms in total. The van der Waals surface area contributed by atoms with E-state index in [1.807, 2.05) is 7.05 Å². The molecule has 2 aromatic carbocycles. The summed E-state index contributed by atoms with van der Waals surface area (Å²) in [5.74, 6) is 2.44. The van der Waals surface area contributed by atoms with Gasteiger partial charge in [0.25, 0.3) is 0 Å². The molecule has 0 radical (unpaired) electrons. The topological polar surface area (TPSA) is 58.1 Å². The van der Waals surface area contributed by atoms with Gasteiger partial charge in [-0.05, 0) is 47.7 Å². The van der Waals surface area contributed by atoms with Crippen molar-refractivity contribution in [3.05, 3.63) is 58.7 Å². The first kappa shape index (κ1) is 21.0. The van der Waals surface area contributed by atoms with Crippen molar-refractivity contribution in [1.29, 1.82) is 0 Å². The maximum Gasteiger partial charge on any atom is 0.191 e. The molecule has 0 aromatic heterocycles. The van der Waals surface area contributed by atoms with Gasteiger partial charge in [-0.25, -0.2) is 0 Å². The van der Waals surface area contributed by atoms with Gasteiger partial charge in [-0.1, -0.05) is 24.3 Å². The van der Waals surface area contributed by atoms with Crippen LogP contribution in [-0.4, -0.2) is 51.8 Å². The third-order valence-corrected chi connectivity index (χ3v) is 5.45. The largest absolute Gasteiger partial charge is 0.493 e. The molecule has 2 N–H and O–H groups in total. The molecule has 1 aliphatic rings. The highest BCUT2D eigenvalue weighted by Gasteiger charge is 2.19. The first-order valence-electron chi connectivity index (χ1n) is 10.1. The Morgan fingerprint density at radius 2 is 1.79 bits per heavy atom. The van der Waals surface area contributed by atoms with Crippen molar-refractivity contribution in [2.45, 2.75) is 26.4 Å². The van der Waals surface area contributed by atoms with Crippen molar-refractivity contribution in [1.82, 2.24) is 15.5 Å². The lowest BCUT2D eigenvalue weighted by Gasteiger charge is -2.29. The van der Waals surface area contributed by atoms with E-state index in [-0.39, 0.29) is 0 Å². The molecule has 0 fully saturated rings. The van der Waals surface area contributed by atoms with Crippen LogP contribution in [0.15, 0.2) is 41.4 Å². The third-order valence-electron chi connectivity index (χ3n) is 5.45. The highest BCUT2D eigenvalue weighted by atomic mass is 16.5. The number of aliphatic imine (C=N–C) groups is 1. The molecule has 0 saturated carbocycles. The maximum atomic E-state index is 5.46. The van der Waals surface area contributed by atoms with E-state index in [9.17, 15) is 0 Å². The van der Waals surface area contributed by atoms with E-state index in [2.05, 4.69) is 63.8 Å². The van der Waals surface area contributed by atoms with E-state index in [0.29, 0.717) is 0 Å². The van der Waals surface area contributed by atoms with Crippen LogP contribution in [0.5, 0.6) is 11.5 Å². The number of hydrogen-bond acceptors (Lipinski definition) is 4. The molecule has 0 amide bonds. The zero-order valence-corrected chi connectivity index (χ0v) is 17.9. The molecule has 0 unspecified atom stereocenters. The molecule has 3 rings (SSSR count). The van der Waals surface area contributed by atoms with E-state index in [1.54, 1.807) is 14.2 Å². The molecule has 0 bridgehead atoms. The second-order valence-electron chi connectivity index (χ2n) is 7.28. The molecule has 0 spiro atoms. The van der Waals surface area contributed by atoms with Crippen LogP contribution in [0, 0.1) is 6.92 Å². The summed E-state index contributed by atoms with van der Waals surface area (Å²) in [5.41, 5.74) is 5.24. The summed E-state index contributed by atoms with van der Waals surface area (Å²) in [6.07, 6.45) is 1.02. The Labute approximate surface area is 173 Å². The molecular formula is C23H32N4O2. The Hall–Kier alpha value is -2.73. The molecule has 0 saturated heterocycles. The van der Waals surface area contributed by atoms with Crippen LogP contribution >= 0.6 is 0 Å². The Balaban J connectivity index is 1.48. The van der Waals surface area contributed by atoms with Gasteiger partial charge in [-0.15, -0.1) is 0 Å². The molecule has 0 aliphatic carbocycles. The van der Waals surface area contributed by atoms with Crippen molar-refractivity contribution in [2.75, 3.05) is 40.9 Å². The second kappa shape index (κ2) is 10.2. The first-order valence-corrected chi connectivity index (χ1v) is 10.1. The average Bonchev–Trinajstić information content (AvgIpc) is 2.75. The van der Waals surface area contributed by atoms with E-state index in [4.69, 9.17) is 9.47 Å². The van der Waals surface area contributed by atoms with Gasteiger partial charge in [0.05, 0.1) is 14.2 Å².